The minimum atomic E-state index is -1.17. The van der Waals surface area contributed by atoms with Gasteiger partial charge in [0.25, 0.3) is 0 Å². The molecule has 1 saturated heterocycles. The lowest BCUT2D eigenvalue weighted by molar-refractivity contribution is -0.108. The van der Waals surface area contributed by atoms with Crippen LogP contribution < -0.4 is 0 Å². The number of rotatable bonds is 2. The van der Waals surface area contributed by atoms with Crippen LogP contribution in [-0.4, -0.2) is 44.6 Å². The van der Waals surface area contributed by atoms with Crippen LogP contribution in [0.15, 0.2) is 6.20 Å². The summed E-state index contributed by atoms with van der Waals surface area (Å²) in [5, 5.41) is 15.3. The number of aromatic nitrogens is 2. The maximum atomic E-state index is 11.9. The fourth-order valence-corrected chi connectivity index (χ4v) is 2.66. The third-order valence-corrected chi connectivity index (χ3v) is 3.51. The van der Waals surface area contributed by atoms with Gasteiger partial charge in [0.05, 0.1) is 30.0 Å². The largest absolute Gasteiger partial charge is 0.444 e. The minimum absolute atomic E-state index is 0.0760. The summed E-state index contributed by atoms with van der Waals surface area (Å²) in [5.74, 6) is 0. The summed E-state index contributed by atoms with van der Waals surface area (Å²) in [5.41, 5.74) is -1.17. The number of amides is 1. The van der Waals surface area contributed by atoms with Crippen LogP contribution in [-0.2, 0) is 10.3 Å². The van der Waals surface area contributed by atoms with Crippen LogP contribution >= 0.6 is 11.6 Å². The number of halogens is 1. The van der Waals surface area contributed by atoms with Gasteiger partial charge in [-0.3, -0.25) is 4.68 Å². The molecule has 2 heterocycles. The van der Waals surface area contributed by atoms with E-state index in [-0.39, 0.29) is 19.1 Å². The first-order chi connectivity index (χ1) is 9.53. The Kier molecular flexibility index (Phi) is 3.97. The van der Waals surface area contributed by atoms with E-state index in [1.54, 1.807) is 4.68 Å². The van der Waals surface area contributed by atoms with Crippen molar-refractivity contribution in [1.82, 2.24) is 14.7 Å². The summed E-state index contributed by atoms with van der Waals surface area (Å²) < 4.78 is 6.97. The highest BCUT2D eigenvalue weighted by Crippen LogP contribution is 2.37. The van der Waals surface area contributed by atoms with E-state index < -0.39 is 17.3 Å². The first-order valence-electron chi connectivity index (χ1n) is 6.97. The third-order valence-electron chi connectivity index (χ3n) is 3.24. The maximum Gasteiger partial charge on any atom is 0.410 e. The predicted octanol–water partition coefficient (Wildman–Crippen LogP) is 2.56. The van der Waals surface area contributed by atoms with Crippen LogP contribution in [0.4, 0.5) is 4.79 Å². The monoisotopic (exact) mass is 315 g/mol. The topological polar surface area (TPSA) is 67.6 Å². The molecule has 0 radical (unpaired) electrons. The number of aliphatic hydroxyl groups is 1. The van der Waals surface area contributed by atoms with Crippen molar-refractivity contribution in [1.29, 1.82) is 0 Å². The maximum absolute atomic E-state index is 11.9. The van der Waals surface area contributed by atoms with Gasteiger partial charge in [-0.05, 0) is 34.6 Å². The molecule has 0 unspecified atom stereocenters. The molecule has 21 heavy (non-hydrogen) atoms. The fourth-order valence-electron chi connectivity index (χ4n) is 2.36. The molecule has 1 aromatic rings. The minimum Gasteiger partial charge on any atom is -0.444 e. The van der Waals surface area contributed by atoms with Crippen LogP contribution in [0.25, 0.3) is 0 Å². The molecular formula is C14H22ClN3O3. The Morgan fingerprint density at radius 2 is 2.05 bits per heavy atom. The van der Waals surface area contributed by atoms with Crippen LogP contribution in [0.1, 0.15) is 46.4 Å². The van der Waals surface area contributed by atoms with Crippen LogP contribution in [0.5, 0.6) is 0 Å². The molecule has 7 heteroatoms. The van der Waals surface area contributed by atoms with Gasteiger partial charge in [0.1, 0.15) is 11.2 Å². The van der Waals surface area contributed by atoms with Gasteiger partial charge in [0, 0.05) is 6.04 Å². The fraction of sp³-hybridized carbons (Fsp3) is 0.714. The molecule has 1 aliphatic heterocycles. The second-order valence-electron chi connectivity index (χ2n) is 6.75. The lowest BCUT2D eigenvalue weighted by Gasteiger charge is -2.46. The van der Waals surface area contributed by atoms with Crippen LogP contribution in [0.2, 0.25) is 5.02 Å². The van der Waals surface area contributed by atoms with Gasteiger partial charge in [-0.2, -0.15) is 5.10 Å². The smallest absolute Gasteiger partial charge is 0.410 e. The lowest BCUT2D eigenvalue weighted by Crippen LogP contribution is -2.62. The Morgan fingerprint density at radius 3 is 2.52 bits per heavy atom. The predicted molar refractivity (Wildman–Crippen MR) is 79.3 cm³/mol. The normalized spacial score (nSPS) is 17.8. The van der Waals surface area contributed by atoms with E-state index in [0.29, 0.717) is 10.7 Å². The highest BCUT2D eigenvalue weighted by Gasteiger charge is 2.49. The average Bonchev–Trinajstić information content (AvgIpc) is 2.65. The Bertz CT molecular complexity index is 542. The summed E-state index contributed by atoms with van der Waals surface area (Å²) in [7, 11) is 0. The molecule has 0 atom stereocenters. The van der Waals surface area contributed by atoms with Crippen molar-refractivity contribution in [2.24, 2.45) is 0 Å². The number of nitrogens with zero attached hydrogens (tertiary/aromatic N) is 3. The van der Waals surface area contributed by atoms with Crippen molar-refractivity contribution in [3.05, 3.63) is 16.9 Å². The van der Waals surface area contributed by atoms with E-state index in [1.165, 1.54) is 11.1 Å². The van der Waals surface area contributed by atoms with Gasteiger partial charge in [-0.25, -0.2) is 4.79 Å². The Balaban J connectivity index is 2.12. The van der Waals surface area contributed by atoms with Gasteiger partial charge in [0.2, 0.25) is 0 Å². The van der Waals surface area contributed by atoms with Gasteiger partial charge in [0.15, 0.2) is 0 Å². The number of carbonyl (C=O) groups is 1. The second-order valence-corrected chi connectivity index (χ2v) is 7.15. The Labute approximate surface area is 129 Å². The van der Waals surface area contributed by atoms with E-state index in [4.69, 9.17) is 16.3 Å². The average molecular weight is 316 g/mol. The highest BCUT2D eigenvalue weighted by atomic mass is 35.5. The van der Waals surface area contributed by atoms with E-state index in [0.717, 1.165) is 0 Å². The van der Waals surface area contributed by atoms with Crippen molar-refractivity contribution in [2.45, 2.75) is 51.9 Å². The Hall–Kier alpha value is -1.27. The Morgan fingerprint density at radius 1 is 1.48 bits per heavy atom. The molecule has 0 aliphatic carbocycles. The summed E-state index contributed by atoms with van der Waals surface area (Å²) in [6, 6.07) is 0.0760. The molecule has 0 aromatic carbocycles. The van der Waals surface area contributed by atoms with Gasteiger partial charge in [-0.1, -0.05) is 11.6 Å². The number of carbonyl (C=O) groups excluding carboxylic acids is 1. The van der Waals surface area contributed by atoms with Gasteiger partial charge in [-0.15, -0.1) is 0 Å². The third kappa shape index (κ3) is 3.16. The zero-order chi connectivity index (χ0) is 16.0. The number of hydrogen-bond acceptors (Lipinski definition) is 4. The highest BCUT2D eigenvalue weighted by molar-refractivity contribution is 6.31. The van der Waals surface area contributed by atoms with Crippen molar-refractivity contribution in [3.63, 3.8) is 0 Å². The second kappa shape index (κ2) is 5.18. The summed E-state index contributed by atoms with van der Waals surface area (Å²) >= 11 is 6.14. The van der Waals surface area contributed by atoms with Gasteiger partial charge < -0.3 is 14.7 Å². The van der Waals surface area contributed by atoms with E-state index in [2.05, 4.69) is 5.10 Å². The summed E-state index contributed by atoms with van der Waals surface area (Å²) in [4.78, 5) is 13.4. The van der Waals surface area contributed by atoms with Gasteiger partial charge >= 0.3 is 6.09 Å². The molecule has 6 nitrogen and oxygen atoms in total. The molecule has 1 amide bonds. The van der Waals surface area contributed by atoms with Crippen molar-refractivity contribution >= 4 is 17.7 Å². The first kappa shape index (κ1) is 16.1. The van der Waals surface area contributed by atoms with Crippen molar-refractivity contribution < 1.29 is 14.6 Å². The van der Waals surface area contributed by atoms with Crippen molar-refractivity contribution in [2.75, 3.05) is 13.1 Å². The molecular weight excluding hydrogens is 294 g/mol. The van der Waals surface area contributed by atoms with Crippen molar-refractivity contribution in [3.8, 4) is 0 Å². The quantitative estimate of drug-likeness (QED) is 0.910. The zero-order valence-electron chi connectivity index (χ0n) is 13.1. The number of hydrogen-bond donors (Lipinski definition) is 1. The van der Waals surface area contributed by atoms with E-state index >= 15 is 0 Å². The van der Waals surface area contributed by atoms with Crippen LogP contribution in [0.3, 0.4) is 0 Å². The molecule has 1 aliphatic rings. The van der Waals surface area contributed by atoms with Crippen LogP contribution in [0, 0.1) is 0 Å². The summed E-state index contributed by atoms with van der Waals surface area (Å²) in [6.07, 6.45) is 1.09. The number of β-amino-alcohol motifs (C(OH)–C–C–N with tert-alkyl or cyclic N) is 1. The molecule has 0 saturated carbocycles. The molecule has 1 aromatic heterocycles. The number of ether oxygens (including phenoxy) is 1. The molecule has 1 N–H and O–H groups in total. The molecule has 0 spiro atoms. The lowest BCUT2D eigenvalue weighted by atomic mass is 9.90. The zero-order valence-corrected chi connectivity index (χ0v) is 13.8. The molecule has 2 rings (SSSR count). The summed E-state index contributed by atoms with van der Waals surface area (Å²) in [6.45, 7) is 9.64. The van der Waals surface area contributed by atoms with E-state index in [9.17, 15) is 9.90 Å². The number of likely N-dealkylation sites (tertiary alicyclic amines) is 1. The SMILES string of the molecule is CC(C)n1ncc(Cl)c1C1(O)CN(C(=O)OC(C)(C)C)C1. The molecule has 118 valence electrons. The molecule has 1 fully saturated rings. The first-order valence-corrected chi connectivity index (χ1v) is 7.35. The van der Waals surface area contributed by atoms with E-state index in [1.807, 2.05) is 34.6 Å². The molecule has 0 bridgehead atoms. The standard InChI is InChI=1S/C14H22ClN3O3/c1-9(2)18-11(10(15)6-16-18)14(20)7-17(8-14)12(19)21-13(3,4)5/h6,9,20H,7-8H2,1-5H3.